The third-order valence-electron chi connectivity index (χ3n) is 2.19. The van der Waals surface area contributed by atoms with Gasteiger partial charge in [0.05, 0.1) is 17.2 Å². The molecule has 0 aromatic carbocycles. The second-order valence-electron chi connectivity index (χ2n) is 3.42. The van der Waals surface area contributed by atoms with Crippen LogP contribution in [0.1, 0.15) is 27.3 Å². The molecule has 0 aliphatic carbocycles. The van der Waals surface area contributed by atoms with Gasteiger partial charge in [-0.1, -0.05) is 0 Å². The van der Waals surface area contributed by atoms with Crippen molar-refractivity contribution < 1.29 is 4.79 Å². The number of carbonyl (C=O) groups is 1. The minimum Gasteiger partial charge on any atom is -0.340 e. The van der Waals surface area contributed by atoms with Gasteiger partial charge in [-0.05, 0) is 19.1 Å². The van der Waals surface area contributed by atoms with E-state index in [1.165, 1.54) is 4.88 Å². The van der Waals surface area contributed by atoms with E-state index in [4.69, 9.17) is 0 Å². The van der Waals surface area contributed by atoms with Crippen LogP contribution in [0.5, 0.6) is 0 Å². The summed E-state index contributed by atoms with van der Waals surface area (Å²) in [5, 5.41) is 1.06. The van der Waals surface area contributed by atoms with E-state index in [9.17, 15) is 4.79 Å². The van der Waals surface area contributed by atoms with Gasteiger partial charge in [-0.15, -0.1) is 11.3 Å². The molecule has 0 bridgehead atoms. The van der Waals surface area contributed by atoms with Crippen molar-refractivity contribution in [1.29, 1.82) is 0 Å². The third kappa shape index (κ3) is 2.15. The van der Waals surface area contributed by atoms with Crippen molar-refractivity contribution in [2.24, 2.45) is 0 Å². The molecule has 0 saturated carbocycles. The molecule has 3 nitrogen and oxygen atoms in total. The zero-order chi connectivity index (χ0) is 10.8. The van der Waals surface area contributed by atoms with E-state index in [0.717, 1.165) is 17.2 Å². The van der Waals surface area contributed by atoms with Crippen LogP contribution in [0.15, 0.2) is 24.5 Å². The fraction of sp³-hybridized carbons (Fsp3) is 0.273. The van der Waals surface area contributed by atoms with Crippen molar-refractivity contribution in [2.75, 3.05) is 0 Å². The van der Waals surface area contributed by atoms with Crippen LogP contribution in [0.3, 0.4) is 0 Å². The van der Waals surface area contributed by atoms with Crippen molar-refractivity contribution in [3.63, 3.8) is 0 Å². The fourth-order valence-corrected chi connectivity index (χ4v) is 2.31. The molecule has 0 spiro atoms. The highest BCUT2D eigenvalue weighted by Crippen LogP contribution is 2.14. The first-order valence-electron chi connectivity index (χ1n) is 4.74. The van der Waals surface area contributed by atoms with Crippen LogP contribution in [-0.4, -0.2) is 15.3 Å². The van der Waals surface area contributed by atoms with Crippen molar-refractivity contribution in [3.05, 3.63) is 40.1 Å². The number of hydrogen-bond acceptors (Lipinski definition) is 3. The Labute approximate surface area is 92.4 Å². The number of nitrogens with zero attached hydrogens (tertiary/aromatic N) is 2. The third-order valence-corrected chi connectivity index (χ3v) is 3.08. The molecule has 4 heteroatoms. The number of carbonyl (C=O) groups excluding carboxylic acids is 1. The summed E-state index contributed by atoms with van der Waals surface area (Å²) in [6.45, 7) is 4.30. The molecule has 2 aromatic heterocycles. The smallest absolute Gasteiger partial charge is 0.176 e. The first-order chi connectivity index (χ1) is 7.16. The van der Waals surface area contributed by atoms with Crippen LogP contribution in [0, 0.1) is 6.92 Å². The highest BCUT2D eigenvalue weighted by atomic mass is 32.1. The lowest BCUT2D eigenvalue weighted by atomic mass is 10.3. The van der Waals surface area contributed by atoms with Gasteiger partial charge in [0, 0.05) is 24.2 Å². The summed E-state index contributed by atoms with van der Waals surface area (Å²) in [6.07, 6.45) is 3.79. The Morgan fingerprint density at radius 1 is 1.60 bits per heavy atom. The number of ketones is 1. The Hall–Kier alpha value is -1.42. The lowest BCUT2D eigenvalue weighted by Gasteiger charge is -2.03. The largest absolute Gasteiger partial charge is 0.340 e. The van der Waals surface area contributed by atoms with Gasteiger partial charge >= 0.3 is 0 Å². The molecule has 0 unspecified atom stereocenters. The molecule has 0 N–H and O–H groups in total. The lowest BCUT2D eigenvalue weighted by molar-refractivity contribution is 0.100. The average molecular weight is 220 g/mol. The molecular weight excluding hydrogens is 208 g/mol. The minimum atomic E-state index is 0.0984. The van der Waals surface area contributed by atoms with Gasteiger partial charge in [0.2, 0.25) is 0 Å². The Morgan fingerprint density at radius 2 is 2.40 bits per heavy atom. The van der Waals surface area contributed by atoms with E-state index in [1.54, 1.807) is 18.3 Å². The molecular formula is C11H12N2OS. The Balaban J connectivity index is 2.24. The van der Waals surface area contributed by atoms with Crippen LogP contribution in [-0.2, 0) is 6.54 Å². The minimum absolute atomic E-state index is 0.0984. The van der Waals surface area contributed by atoms with E-state index < -0.39 is 0 Å². The van der Waals surface area contributed by atoms with E-state index in [2.05, 4.69) is 4.98 Å². The van der Waals surface area contributed by atoms with E-state index >= 15 is 0 Å². The second-order valence-corrected chi connectivity index (χ2v) is 4.74. The maximum atomic E-state index is 11.3. The van der Waals surface area contributed by atoms with Gasteiger partial charge in [-0.25, -0.2) is 4.98 Å². The van der Waals surface area contributed by atoms with Crippen LogP contribution < -0.4 is 0 Å². The molecule has 2 aromatic rings. The fourth-order valence-electron chi connectivity index (χ4n) is 1.52. The number of thiazole rings is 1. The number of aryl methyl sites for hydroxylation is 1. The van der Waals surface area contributed by atoms with Crippen LogP contribution in [0.25, 0.3) is 0 Å². The molecule has 0 radical (unpaired) electrons. The molecule has 0 aliphatic rings. The quantitative estimate of drug-likeness (QED) is 0.745. The maximum Gasteiger partial charge on any atom is 0.176 e. The summed E-state index contributed by atoms with van der Waals surface area (Å²) in [5.41, 5.74) is 0.751. The molecule has 0 atom stereocenters. The number of hydrogen-bond donors (Lipinski definition) is 0. The molecule has 0 saturated heterocycles. The normalized spacial score (nSPS) is 10.5. The predicted molar refractivity (Wildman–Crippen MR) is 60.4 cm³/mol. The molecule has 78 valence electrons. The first kappa shape index (κ1) is 10.1. The molecule has 15 heavy (non-hydrogen) atoms. The molecule has 2 rings (SSSR count). The summed E-state index contributed by atoms with van der Waals surface area (Å²) in [6, 6.07) is 3.74. The van der Waals surface area contributed by atoms with Gasteiger partial charge in [-0.3, -0.25) is 4.79 Å². The summed E-state index contributed by atoms with van der Waals surface area (Å²) in [5.74, 6) is 0.0984. The highest BCUT2D eigenvalue weighted by Gasteiger charge is 2.07. The van der Waals surface area contributed by atoms with Gasteiger partial charge in [0.1, 0.15) is 0 Å². The van der Waals surface area contributed by atoms with Gasteiger partial charge < -0.3 is 4.57 Å². The summed E-state index contributed by atoms with van der Waals surface area (Å²) >= 11 is 1.66. The van der Waals surface area contributed by atoms with Gasteiger partial charge in [0.25, 0.3) is 0 Å². The van der Waals surface area contributed by atoms with E-state index in [0.29, 0.717) is 0 Å². The molecule has 0 aliphatic heterocycles. The maximum absolute atomic E-state index is 11.3. The van der Waals surface area contributed by atoms with Gasteiger partial charge in [0.15, 0.2) is 5.78 Å². The van der Waals surface area contributed by atoms with Crippen LogP contribution in [0.4, 0.5) is 0 Å². The predicted octanol–water partition coefficient (Wildman–Crippen LogP) is 2.50. The van der Waals surface area contributed by atoms with Gasteiger partial charge in [-0.2, -0.15) is 0 Å². The van der Waals surface area contributed by atoms with Crippen LogP contribution in [0.2, 0.25) is 0 Å². The van der Waals surface area contributed by atoms with Crippen LogP contribution >= 0.6 is 11.3 Å². The second kappa shape index (κ2) is 3.98. The average Bonchev–Trinajstić information content (AvgIpc) is 2.75. The topological polar surface area (TPSA) is 34.9 Å². The summed E-state index contributed by atoms with van der Waals surface area (Å²) in [4.78, 5) is 16.7. The van der Waals surface area contributed by atoms with Crippen molar-refractivity contribution in [2.45, 2.75) is 20.4 Å². The zero-order valence-electron chi connectivity index (χ0n) is 8.73. The molecule has 0 fully saturated rings. The highest BCUT2D eigenvalue weighted by molar-refractivity contribution is 7.11. The van der Waals surface area contributed by atoms with Crippen molar-refractivity contribution >= 4 is 17.1 Å². The first-order valence-corrected chi connectivity index (χ1v) is 5.56. The number of Topliss-reactive ketones (excluding diaryl/α,β-unsaturated/α-hetero) is 1. The SMILES string of the molecule is CC(=O)c1cccn1Cc1cnc(C)s1. The number of aromatic nitrogens is 2. The Morgan fingerprint density at radius 3 is 3.00 bits per heavy atom. The van der Waals surface area contributed by atoms with E-state index in [1.807, 2.05) is 36.0 Å². The number of rotatable bonds is 3. The lowest BCUT2D eigenvalue weighted by Crippen LogP contribution is -2.05. The summed E-state index contributed by atoms with van der Waals surface area (Å²) < 4.78 is 1.95. The zero-order valence-corrected chi connectivity index (χ0v) is 9.54. The molecule has 2 heterocycles. The Kier molecular flexibility index (Phi) is 2.68. The monoisotopic (exact) mass is 220 g/mol. The standard InChI is InChI=1S/C11H12N2OS/c1-8(14)11-4-3-5-13(11)7-10-6-12-9(2)15-10/h3-6H,7H2,1-2H3. The van der Waals surface area contributed by atoms with E-state index in [-0.39, 0.29) is 5.78 Å². The van der Waals surface area contributed by atoms with Crippen molar-refractivity contribution in [3.8, 4) is 0 Å². The Bertz CT molecular complexity index is 484. The molecule has 0 amide bonds. The van der Waals surface area contributed by atoms with Crippen molar-refractivity contribution in [1.82, 2.24) is 9.55 Å². The summed E-state index contributed by atoms with van der Waals surface area (Å²) in [7, 11) is 0.